The summed E-state index contributed by atoms with van der Waals surface area (Å²) in [6, 6.07) is 32.0. The number of aryl methyl sites for hydroxylation is 1. The lowest BCUT2D eigenvalue weighted by atomic mass is 10.1. The molecule has 0 spiro atoms. The summed E-state index contributed by atoms with van der Waals surface area (Å²) in [6.07, 6.45) is 1.07. The Morgan fingerprint density at radius 2 is 1.63 bits per heavy atom. The van der Waals surface area contributed by atoms with Crippen LogP contribution in [0.1, 0.15) is 34.8 Å². The minimum absolute atomic E-state index is 0.451. The number of anilines is 3. The van der Waals surface area contributed by atoms with Crippen molar-refractivity contribution in [1.82, 2.24) is 15.3 Å². The Hall–Kier alpha value is -4.55. The van der Waals surface area contributed by atoms with Crippen molar-refractivity contribution in [2.75, 3.05) is 11.4 Å². The number of nitrogens with zero attached hydrogens (tertiary/aromatic N) is 3. The molecule has 5 aromatic rings. The van der Waals surface area contributed by atoms with Gasteiger partial charge in [-0.15, -0.1) is 0 Å². The van der Waals surface area contributed by atoms with Gasteiger partial charge in [-0.3, -0.25) is 9.69 Å². The Morgan fingerprint density at radius 3 is 2.37 bits per heavy atom. The van der Waals surface area contributed by atoms with Gasteiger partial charge in [0.25, 0.3) is 0 Å². The van der Waals surface area contributed by atoms with Crippen LogP contribution in [-0.4, -0.2) is 22.4 Å². The number of rotatable bonds is 9. The van der Waals surface area contributed by atoms with E-state index in [1.807, 2.05) is 48.5 Å². The summed E-state index contributed by atoms with van der Waals surface area (Å²) in [5, 5.41) is 4.48. The fourth-order valence-electron chi connectivity index (χ4n) is 4.53. The molecule has 0 saturated carbocycles. The molecule has 6 heteroatoms. The summed E-state index contributed by atoms with van der Waals surface area (Å²) in [6.45, 7) is 5.97. The van der Waals surface area contributed by atoms with Crippen molar-refractivity contribution in [2.24, 2.45) is 5.73 Å². The number of amides is 1. The van der Waals surface area contributed by atoms with Crippen LogP contribution < -0.4 is 16.0 Å². The average Bonchev–Trinajstić information content (AvgIpc) is 2.95. The lowest BCUT2D eigenvalue weighted by Crippen LogP contribution is -2.18. The van der Waals surface area contributed by atoms with E-state index in [-0.39, 0.29) is 0 Å². The molecular weight excluding hydrogens is 470 g/mol. The molecule has 3 N–H and O–H groups in total. The van der Waals surface area contributed by atoms with Crippen molar-refractivity contribution in [3.8, 4) is 11.3 Å². The van der Waals surface area contributed by atoms with Crippen LogP contribution in [0.5, 0.6) is 0 Å². The van der Waals surface area contributed by atoms with Gasteiger partial charge in [-0.2, -0.15) is 0 Å². The molecule has 6 nitrogen and oxygen atoms in total. The number of carbonyl (C=O) groups excluding carboxylic acids is 1. The molecule has 0 radical (unpaired) electrons. The van der Waals surface area contributed by atoms with Crippen molar-refractivity contribution in [3.63, 3.8) is 0 Å². The first-order valence-electron chi connectivity index (χ1n) is 12.9. The quantitative estimate of drug-likeness (QED) is 0.220. The van der Waals surface area contributed by atoms with Crippen molar-refractivity contribution < 1.29 is 4.79 Å². The van der Waals surface area contributed by atoms with E-state index in [9.17, 15) is 4.79 Å². The number of fused-ring (bicyclic) bond motifs is 1. The van der Waals surface area contributed by atoms with Gasteiger partial charge < -0.3 is 11.1 Å². The number of benzene rings is 4. The van der Waals surface area contributed by atoms with Crippen molar-refractivity contribution in [1.29, 1.82) is 0 Å². The summed E-state index contributed by atoms with van der Waals surface area (Å²) in [5.41, 5.74) is 12.8. The molecule has 1 heterocycles. The first-order chi connectivity index (χ1) is 18.5. The van der Waals surface area contributed by atoms with Crippen LogP contribution in [0.2, 0.25) is 0 Å². The highest BCUT2D eigenvalue weighted by atomic mass is 16.1. The van der Waals surface area contributed by atoms with Crippen molar-refractivity contribution in [3.05, 3.63) is 114 Å². The predicted molar refractivity (Wildman–Crippen MR) is 155 cm³/mol. The van der Waals surface area contributed by atoms with Crippen LogP contribution >= 0.6 is 0 Å². The van der Waals surface area contributed by atoms with Gasteiger partial charge in [-0.1, -0.05) is 67.6 Å². The number of hydrogen-bond acceptors (Lipinski definition) is 5. The lowest BCUT2D eigenvalue weighted by molar-refractivity contribution is 0.100. The van der Waals surface area contributed by atoms with E-state index in [4.69, 9.17) is 15.7 Å². The van der Waals surface area contributed by atoms with Crippen LogP contribution in [0.3, 0.4) is 0 Å². The number of nitrogens with two attached hydrogens (primary N) is 1. The van der Waals surface area contributed by atoms with E-state index in [1.54, 1.807) is 12.1 Å². The molecular formula is C32H31N5O. The molecule has 190 valence electrons. The normalized spacial score (nSPS) is 11.0. The van der Waals surface area contributed by atoms with Crippen LogP contribution in [0.4, 0.5) is 17.3 Å². The Bertz CT molecular complexity index is 1560. The van der Waals surface area contributed by atoms with E-state index in [2.05, 4.69) is 60.5 Å². The minimum Gasteiger partial charge on any atom is -0.366 e. The monoisotopic (exact) mass is 501 g/mol. The summed E-state index contributed by atoms with van der Waals surface area (Å²) in [7, 11) is 0. The third kappa shape index (κ3) is 5.26. The fourth-order valence-corrected chi connectivity index (χ4v) is 4.53. The molecule has 0 atom stereocenters. The summed E-state index contributed by atoms with van der Waals surface area (Å²) in [5.74, 6) is 0.0905. The van der Waals surface area contributed by atoms with Gasteiger partial charge in [0.15, 0.2) is 0 Å². The van der Waals surface area contributed by atoms with Crippen LogP contribution in [0.25, 0.3) is 22.2 Å². The molecule has 0 aliphatic carbocycles. The predicted octanol–water partition coefficient (Wildman–Crippen LogP) is 6.67. The SMILES string of the molecule is CCCNCc1ccc(C)c(N(c2ccc(C(N)=O)cc2)c2nc(-c3ccccc3)c3ccccc3n2)c1. The highest BCUT2D eigenvalue weighted by Gasteiger charge is 2.21. The maximum Gasteiger partial charge on any atom is 0.248 e. The Morgan fingerprint density at radius 1 is 0.895 bits per heavy atom. The van der Waals surface area contributed by atoms with E-state index < -0.39 is 5.91 Å². The number of aromatic nitrogens is 2. The van der Waals surface area contributed by atoms with Gasteiger partial charge in [-0.05, 0) is 67.4 Å². The van der Waals surface area contributed by atoms with E-state index in [1.165, 1.54) is 5.56 Å². The Labute approximate surface area is 223 Å². The Balaban J connectivity index is 1.72. The zero-order valence-corrected chi connectivity index (χ0v) is 21.7. The van der Waals surface area contributed by atoms with Crippen molar-refractivity contribution >= 4 is 34.1 Å². The molecule has 5 rings (SSSR count). The molecule has 0 fully saturated rings. The largest absolute Gasteiger partial charge is 0.366 e. The van der Waals surface area contributed by atoms with Crippen LogP contribution in [0, 0.1) is 6.92 Å². The van der Waals surface area contributed by atoms with Gasteiger partial charge in [0.1, 0.15) is 0 Å². The smallest absolute Gasteiger partial charge is 0.248 e. The average molecular weight is 502 g/mol. The minimum atomic E-state index is -0.461. The van der Waals surface area contributed by atoms with Gasteiger partial charge in [0.2, 0.25) is 11.9 Å². The molecule has 4 aromatic carbocycles. The highest BCUT2D eigenvalue weighted by Crippen LogP contribution is 2.38. The van der Waals surface area contributed by atoms with Gasteiger partial charge in [0.05, 0.1) is 16.9 Å². The first-order valence-corrected chi connectivity index (χ1v) is 12.9. The third-order valence-corrected chi connectivity index (χ3v) is 6.52. The van der Waals surface area contributed by atoms with Crippen LogP contribution in [0.15, 0.2) is 97.1 Å². The number of para-hydroxylation sites is 1. The molecule has 1 aromatic heterocycles. The second kappa shape index (κ2) is 11.2. The first kappa shape index (κ1) is 25.1. The summed E-state index contributed by atoms with van der Waals surface area (Å²) < 4.78 is 0. The molecule has 0 aliphatic heterocycles. The second-order valence-electron chi connectivity index (χ2n) is 9.30. The Kier molecular flexibility index (Phi) is 7.43. The zero-order chi connectivity index (χ0) is 26.5. The molecule has 1 amide bonds. The number of nitrogens with one attached hydrogen (secondary N) is 1. The number of hydrogen-bond donors (Lipinski definition) is 2. The summed E-state index contributed by atoms with van der Waals surface area (Å²) in [4.78, 5) is 24.0. The van der Waals surface area contributed by atoms with Crippen LogP contribution in [-0.2, 0) is 6.54 Å². The maximum atomic E-state index is 11.8. The van der Waals surface area contributed by atoms with E-state index in [0.717, 1.165) is 58.6 Å². The summed E-state index contributed by atoms with van der Waals surface area (Å²) >= 11 is 0. The topological polar surface area (TPSA) is 84.1 Å². The maximum absolute atomic E-state index is 11.8. The molecule has 0 unspecified atom stereocenters. The third-order valence-electron chi connectivity index (χ3n) is 6.52. The van der Waals surface area contributed by atoms with E-state index >= 15 is 0 Å². The number of carbonyl (C=O) groups is 1. The standard InChI is InChI=1S/C32H31N5O/c1-3-19-34-21-23-14-13-22(2)29(20-23)37(26-17-15-25(16-18-26)31(33)38)32-35-28-12-8-7-11-27(28)30(36-32)24-9-5-4-6-10-24/h4-18,20,34H,3,19,21H2,1-2H3,(H2,33,38). The molecule has 0 aliphatic rings. The molecule has 0 saturated heterocycles. The zero-order valence-electron chi connectivity index (χ0n) is 21.7. The number of primary amides is 1. The highest BCUT2D eigenvalue weighted by molar-refractivity contribution is 5.95. The molecule has 0 bridgehead atoms. The van der Waals surface area contributed by atoms with E-state index in [0.29, 0.717) is 11.5 Å². The van der Waals surface area contributed by atoms with Crippen molar-refractivity contribution in [2.45, 2.75) is 26.8 Å². The van der Waals surface area contributed by atoms with Gasteiger partial charge in [0, 0.05) is 28.7 Å². The van der Waals surface area contributed by atoms with Gasteiger partial charge >= 0.3 is 0 Å². The lowest BCUT2D eigenvalue weighted by Gasteiger charge is -2.26. The second-order valence-corrected chi connectivity index (χ2v) is 9.30. The van der Waals surface area contributed by atoms with Gasteiger partial charge in [-0.25, -0.2) is 9.97 Å². The molecule has 38 heavy (non-hydrogen) atoms. The fraction of sp³-hybridized carbons (Fsp3) is 0.156.